The molecule has 8 heteroatoms. The summed E-state index contributed by atoms with van der Waals surface area (Å²) in [6, 6.07) is 16.2. The first-order chi connectivity index (χ1) is 11.5. The zero-order valence-corrected chi connectivity index (χ0v) is 13.9. The highest BCUT2D eigenvalue weighted by molar-refractivity contribution is 7.49. The molecule has 24 heavy (non-hydrogen) atoms. The third-order valence-corrected chi connectivity index (χ3v) is 3.87. The Morgan fingerprint density at radius 1 is 1.08 bits per heavy atom. The normalized spacial score (nSPS) is 14.4. The largest absolute Gasteiger partial charge is 0.618 e. The van der Waals surface area contributed by atoms with E-state index >= 15 is 0 Å². The summed E-state index contributed by atoms with van der Waals surface area (Å²) in [5.41, 5.74) is 6.19. The molecule has 2 N–H and O–H groups in total. The summed E-state index contributed by atoms with van der Waals surface area (Å²) in [7, 11) is -4.34. The van der Waals surface area contributed by atoms with Crippen LogP contribution in [0, 0.1) is 0 Å². The molecule has 0 bridgehead atoms. The van der Waals surface area contributed by atoms with Crippen LogP contribution in [0.1, 0.15) is 12.5 Å². The van der Waals surface area contributed by atoms with Gasteiger partial charge in [-0.05, 0) is 24.6 Å². The van der Waals surface area contributed by atoms with Gasteiger partial charge in [0.1, 0.15) is 18.4 Å². The number of rotatable bonds is 8. The van der Waals surface area contributed by atoms with Crippen LogP contribution in [0.25, 0.3) is 0 Å². The van der Waals surface area contributed by atoms with Crippen LogP contribution in [0.3, 0.4) is 0 Å². The smallest absolute Gasteiger partial charge is 0.394 e. The SMILES string of the molecule is C[C@H](N)C(=O)OP(=O)(OOCc1ccccc1)Oc1ccccc1. The van der Waals surface area contributed by atoms with Crippen molar-refractivity contribution in [1.82, 2.24) is 0 Å². The minimum absolute atomic E-state index is 0.00128. The fourth-order valence-electron chi connectivity index (χ4n) is 1.59. The fraction of sp³-hybridized carbons (Fsp3) is 0.188. The topological polar surface area (TPSA) is 97.1 Å². The van der Waals surface area contributed by atoms with Crippen LogP contribution in [0.5, 0.6) is 5.75 Å². The number of phosphoric ester groups is 1. The molecule has 128 valence electrons. The van der Waals surface area contributed by atoms with Gasteiger partial charge in [-0.15, -0.1) is 4.67 Å². The maximum Gasteiger partial charge on any atom is 0.618 e. The maximum atomic E-state index is 12.6. The summed E-state index contributed by atoms with van der Waals surface area (Å²) >= 11 is 0. The average Bonchev–Trinajstić information content (AvgIpc) is 2.56. The van der Waals surface area contributed by atoms with Crippen molar-refractivity contribution in [3.05, 3.63) is 66.2 Å². The number of hydrogen-bond acceptors (Lipinski definition) is 7. The van der Waals surface area contributed by atoms with E-state index < -0.39 is 19.8 Å². The van der Waals surface area contributed by atoms with Crippen molar-refractivity contribution in [3.8, 4) is 5.75 Å². The second-order valence-corrected chi connectivity index (χ2v) is 6.28. The molecular formula is C16H18NO6P. The van der Waals surface area contributed by atoms with Gasteiger partial charge in [0.25, 0.3) is 0 Å². The summed E-state index contributed by atoms with van der Waals surface area (Å²) in [6.45, 7) is 1.39. The molecule has 0 aromatic heterocycles. The van der Waals surface area contributed by atoms with E-state index in [1.807, 2.05) is 18.2 Å². The molecule has 0 saturated heterocycles. The van der Waals surface area contributed by atoms with Gasteiger partial charge in [0, 0.05) is 0 Å². The average molecular weight is 351 g/mol. The first kappa shape index (κ1) is 18.2. The Kier molecular flexibility index (Phi) is 6.52. The second kappa shape index (κ2) is 8.61. The summed E-state index contributed by atoms with van der Waals surface area (Å²) < 4.78 is 27.3. The molecule has 2 rings (SSSR count). The minimum Gasteiger partial charge on any atom is -0.394 e. The molecule has 0 aliphatic heterocycles. The monoisotopic (exact) mass is 351 g/mol. The lowest BCUT2D eigenvalue weighted by molar-refractivity contribution is -0.233. The molecular weight excluding hydrogens is 333 g/mol. The van der Waals surface area contributed by atoms with Crippen molar-refractivity contribution in [2.75, 3.05) is 0 Å². The van der Waals surface area contributed by atoms with E-state index in [0.29, 0.717) is 0 Å². The quantitative estimate of drug-likeness (QED) is 0.443. The zero-order chi connectivity index (χ0) is 17.4. The minimum atomic E-state index is -4.34. The van der Waals surface area contributed by atoms with Crippen LogP contribution in [0.2, 0.25) is 0 Å². The van der Waals surface area contributed by atoms with Crippen LogP contribution in [0.4, 0.5) is 0 Å². The summed E-state index contributed by atoms with van der Waals surface area (Å²) in [6.07, 6.45) is 0. The van der Waals surface area contributed by atoms with E-state index in [1.54, 1.807) is 30.3 Å². The highest BCUT2D eigenvalue weighted by Gasteiger charge is 2.36. The molecule has 0 aliphatic carbocycles. The number of benzene rings is 2. The molecule has 0 spiro atoms. The van der Waals surface area contributed by atoms with Gasteiger partial charge < -0.3 is 14.8 Å². The van der Waals surface area contributed by atoms with Crippen LogP contribution in [0.15, 0.2) is 60.7 Å². The van der Waals surface area contributed by atoms with Crippen molar-refractivity contribution in [2.24, 2.45) is 5.73 Å². The molecule has 0 radical (unpaired) electrons. The van der Waals surface area contributed by atoms with Gasteiger partial charge in [-0.2, -0.15) is 0 Å². The Hall–Kier alpha value is -2.18. The van der Waals surface area contributed by atoms with Gasteiger partial charge in [0.15, 0.2) is 0 Å². The Morgan fingerprint density at radius 3 is 2.25 bits per heavy atom. The van der Waals surface area contributed by atoms with Gasteiger partial charge in [-0.1, -0.05) is 48.5 Å². The van der Waals surface area contributed by atoms with E-state index in [1.165, 1.54) is 19.1 Å². The lowest BCUT2D eigenvalue weighted by Gasteiger charge is -2.17. The van der Waals surface area contributed by atoms with Crippen LogP contribution in [-0.4, -0.2) is 12.0 Å². The standard InChI is InChI=1S/C16H18NO6P/c1-13(17)16(18)22-24(19,21-15-10-6-3-7-11-15)23-20-12-14-8-4-2-5-9-14/h2-11,13H,12,17H2,1H3/t13-,24?/m0/s1. The molecule has 7 nitrogen and oxygen atoms in total. The van der Waals surface area contributed by atoms with E-state index in [2.05, 4.69) is 0 Å². The van der Waals surface area contributed by atoms with Gasteiger partial charge in [-0.25, -0.2) is 14.2 Å². The molecule has 0 heterocycles. The highest BCUT2D eigenvalue weighted by atomic mass is 31.2. The second-order valence-electron chi connectivity index (χ2n) is 4.87. The maximum absolute atomic E-state index is 12.6. The summed E-state index contributed by atoms with van der Waals surface area (Å²) in [4.78, 5) is 16.6. The number of nitrogens with two attached hydrogens (primary N) is 1. The van der Waals surface area contributed by atoms with Crippen molar-refractivity contribution in [2.45, 2.75) is 19.6 Å². The van der Waals surface area contributed by atoms with E-state index in [0.717, 1.165) is 5.56 Å². The lowest BCUT2D eigenvalue weighted by Crippen LogP contribution is -2.28. The number of hydrogen-bond donors (Lipinski definition) is 1. The van der Waals surface area contributed by atoms with Gasteiger partial charge in [0.05, 0.1) is 0 Å². The summed E-state index contributed by atoms with van der Waals surface area (Å²) in [5, 5.41) is 0. The van der Waals surface area contributed by atoms with Crippen LogP contribution < -0.4 is 10.3 Å². The molecule has 0 aliphatic rings. The van der Waals surface area contributed by atoms with Crippen LogP contribution >= 0.6 is 7.82 Å². The first-order valence-electron chi connectivity index (χ1n) is 7.17. The summed E-state index contributed by atoms with van der Waals surface area (Å²) in [5.74, 6) is -0.737. The third kappa shape index (κ3) is 5.79. The molecule has 0 saturated carbocycles. The fourth-order valence-corrected chi connectivity index (χ4v) is 2.63. The Balaban J connectivity index is 2.04. The van der Waals surface area contributed by atoms with Crippen molar-refractivity contribution >= 4 is 13.8 Å². The first-order valence-corrected chi connectivity index (χ1v) is 8.63. The predicted molar refractivity (Wildman–Crippen MR) is 86.7 cm³/mol. The highest BCUT2D eigenvalue weighted by Crippen LogP contribution is 2.50. The third-order valence-electron chi connectivity index (χ3n) is 2.75. The van der Waals surface area contributed by atoms with Crippen molar-refractivity contribution in [3.63, 3.8) is 0 Å². The lowest BCUT2D eigenvalue weighted by atomic mass is 10.2. The number of carbonyl (C=O) groups is 1. The number of carbonyl (C=O) groups excluding carboxylic acids is 1. The molecule has 0 fully saturated rings. The van der Waals surface area contributed by atoms with Crippen molar-refractivity contribution < 1.29 is 28.0 Å². The molecule has 2 aromatic carbocycles. The van der Waals surface area contributed by atoms with Crippen LogP contribution in [-0.2, 0) is 30.1 Å². The van der Waals surface area contributed by atoms with E-state index in [9.17, 15) is 9.36 Å². The zero-order valence-electron chi connectivity index (χ0n) is 13.0. The van der Waals surface area contributed by atoms with Gasteiger partial charge in [-0.3, -0.25) is 0 Å². The van der Waals surface area contributed by atoms with Crippen molar-refractivity contribution in [1.29, 1.82) is 0 Å². The Morgan fingerprint density at radius 2 is 1.67 bits per heavy atom. The Labute approximate surface area is 139 Å². The van der Waals surface area contributed by atoms with E-state index in [4.69, 9.17) is 24.3 Å². The number of phosphoric acid groups is 1. The predicted octanol–water partition coefficient (Wildman–Crippen LogP) is 3.21. The Bertz CT molecular complexity index is 692. The molecule has 2 atom stereocenters. The number of para-hydroxylation sites is 1. The van der Waals surface area contributed by atoms with Gasteiger partial charge in [0.2, 0.25) is 0 Å². The molecule has 0 amide bonds. The van der Waals surface area contributed by atoms with Gasteiger partial charge >= 0.3 is 13.8 Å². The molecule has 2 aromatic rings. The van der Waals surface area contributed by atoms with E-state index in [-0.39, 0.29) is 12.4 Å². The molecule has 1 unspecified atom stereocenters.